The highest BCUT2D eigenvalue weighted by atomic mass is 16.5. The summed E-state index contributed by atoms with van der Waals surface area (Å²) in [6, 6.07) is 3.84. The maximum absolute atomic E-state index is 8.82. The van der Waals surface area contributed by atoms with Crippen molar-refractivity contribution in [3.63, 3.8) is 0 Å². The van der Waals surface area contributed by atoms with Crippen LogP contribution in [0.15, 0.2) is 18.3 Å². The largest absolute Gasteiger partial charge is 0.489 e. The van der Waals surface area contributed by atoms with E-state index in [1.165, 1.54) is 0 Å². The lowest BCUT2D eigenvalue weighted by Gasteiger charge is -2.16. The van der Waals surface area contributed by atoms with E-state index in [0.717, 1.165) is 16.9 Å². The lowest BCUT2D eigenvalue weighted by atomic mass is 10.0. The maximum atomic E-state index is 8.82. The molecule has 0 N–H and O–H groups in total. The summed E-state index contributed by atoms with van der Waals surface area (Å²) in [6.07, 6.45) is 3.54. The molecule has 0 atom stereocenters. The van der Waals surface area contributed by atoms with Crippen molar-refractivity contribution < 1.29 is 4.74 Å². The number of nitriles is 1. The van der Waals surface area contributed by atoms with Crippen LogP contribution in [-0.4, -0.2) is 11.6 Å². The molecule has 0 aliphatic carbocycles. The van der Waals surface area contributed by atoms with Gasteiger partial charge in [0.15, 0.2) is 5.69 Å². The smallest absolute Gasteiger partial charge is 0.151 e. The molecule has 3 nitrogen and oxygen atoms in total. The number of nitrogens with zero attached hydrogens (tertiary/aromatic N) is 2. The Hall–Kier alpha value is -1.82. The molecule has 1 aliphatic heterocycles. The summed E-state index contributed by atoms with van der Waals surface area (Å²) >= 11 is 0. The van der Waals surface area contributed by atoms with Crippen molar-refractivity contribution in [2.75, 3.05) is 6.61 Å². The minimum absolute atomic E-state index is 0.436. The first-order valence-electron chi connectivity index (χ1n) is 4.02. The number of aromatic nitrogens is 1. The number of fused-ring (bicyclic) bond motifs is 1. The third-order valence-corrected chi connectivity index (χ3v) is 2.04. The molecule has 0 radical (unpaired) electrons. The van der Waals surface area contributed by atoms with Crippen molar-refractivity contribution >= 4 is 5.57 Å². The van der Waals surface area contributed by atoms with Gasteiger partial charge in [-0.05, 0) is 24.6 Å². The SMILES string of the molecule is CC1=CCOc2ccnc(C#N)c21. The average molecular weight is 172 g/mol. The fourth-order valence-electron chi connectivity index (χ4n) is 1.39. The van der Waals surface area contributed by atoms with E-state index in [9.17, 15) is 0 Å². The summed E-state index contributed by atoms with van der Waals surface area (Å²) in [5, 5.41) is 8.82. The van der Waals surface area contributed by atoms with Crippen LogP contribution in [0, 0.1) is 11.3 Å². The number of ether oxygens (including phenoxy) is 1. The van der Waals surface area contributed by atoms with Gasteiger partial charge in [-0.15, -0.1) is 0 Å². The first-order valence-corrected chi connectivity index (χ1v) is 4.02. The highest BCUT2D eigenvalue weighted by Gasteiger charge is 2.15. The number of hydrogen-bond donors (Lipinski definition) is 0. The number of rotatable bonds is 0. The first-order chi connectivity index (χ1) is 6.33. The minimum atomic E-state index is 0.436. The summed E-state index contributed by atoms with van der Waals surface area (Å²) < 4.78 is 5.37. The molecule has 0 amide bonds. The van der Waals surface area contributed by atoms with Gasteiger partial charge in [-0.1, -0.05) is 0 Å². The van der Waals surface area contributed by atoms with E-state index in [0.29, 0.717) is 12.3 Å². The zero-order valence-corrected chi connectivity index (χ0v) is 7.24. The van der Waals surface area contributed by atoms with Gasteiger partial charge in [-0.2, -0.15) is 5.26 Å². The van der Waals surface area contributed by atoms with Gasteiger partial charge in [-0.3, -0.25) is 0 Å². The molecule has 0 bridgehead atoms. The van der Waals surface area contributed by atoms with E-state index < -0.39 is 0 Å². The molecular formula is C10H8N2O. The Morgan fingerprint density at radius 2 is 2.46 bits per heavy atom. The Morgan fingerprint density at radius 3 is 3.23 bits per heavy atom. The molecule has 1 aromatic heterocycles. The zero-order chi connectivity index (χ0) is 9.26. The van der Waals surface area contributed by atoms with Gasteiger partial charge < -0.3 is 4.74 Å². The number of pyridine rings is 1. The molecule has 2 heterocycles. The molecular weight excluding hydrogens is 164 g/mol. The van der Waals surface area contributed by atoms with Crippen LogP contribution in [-0.2, 0) is 0 Å². The van der Waals surface area contributed by atoms with E-state index in [1.807, 2.05) is 13.0 Å². The van der Waals surface area contributed by atoms with Crippen LogP contribution in [0.5, 0.6) is 5.75 Å². The fraction of sp³-hybridized carbons (Fsp3) is 0.200. The average Bonchev–Trinajstić information content (AvgIpc) is 2.17. The summed E-state index contributed by atoms with van der Waals surface area (Å²) in [5.41, 5.74) is 2.33. The monoisotopic (exact) mass is 172 g/mol. The third-order valence-electron chi connectivity index (χ3n) is 2.04. The second-order valence-corrected chi connectivity index (χ2v) is 2.84. The van der Waals surface area contributed by atoms with Crippen LogP contribution < -0.4 is 4.74 Å². The molecule has 13 heavy (non-hydrogen) atoms. The summed E-state index contributed by atoms with van der Waals surface area (Å²) in [5.74, 6) is 0.756. The second-order valence-electron chi connectivity index (χ2n) is 2.84. The van der Waals surface area contributed by atoms with Crippen molar-refractivity contribution in [1.29, 1.82) is 5.26 Å². The number of allylic oxidation sites excluding steroid dienone is 1. The van der Waals surface area contributed by atoms with E-state index in [2.05, 4.69) is 11.1 Å². The lowest BCUT2D eigenvalue weighted by molar-refractivity contribution is 0.356. The second kappa shape index (κ2) is 2.91. The molecule has 3 heteroatoms. The Morgan fingerprint density at radius 1 is 1.62 bits per heavy atom. The van der Waals surface area contributed by atoms with Crippen LogP contribution in [0.2, 0.25) is 0 Å². The Labute approximate surface area is 76.3 Å². The highest BCUT2D eigenvalue weighted by Crippen LogP contribution is 2.30. The predicted octanol–water partition coefficient (Wildman–Crippen LogP) is 1.75. The lowest BCUT2D eigenvalue weighted by Crippen LogP contribution is -2.05. The number of hydrogen-bond acceptors (Lipinski definition) is 3. The fourth-order valence-corrected chi connectivity index (χ4v) is 1.39. The Kier molecular flexibility index (Phi) is 1.75. The quantitative estimate of drug-likeness (QED) is 0.598. The summed E-state index contributed by atoms with van der Waals surface area (Å²) in [4.78, 5) is 3.98. The zero-order valence-electron chi connectivity index (χ0n) is 7.24. The minimum Gasteiger partial charge on any atom is -0.489 e. The summed E-state index contributed by atoms with van der Waals surface area (Å²) in [6.45, 7) is 2.54. The Balaban J connectivity index is 2.68. The third kappa shape index (κ3) is 1.17. The molecule has 0 spiro atoms. The first kappa shape index (κ1) is 7.81. The van der Waals surface area contributed by atoms with Crippen LogP contribution in [0.25, 0.3) is 5.57 Å². The van der Waals surface area contributed by atoms with E-state index in [4.69, 9.17) is 10.00 Å². The molecule has 0 saturated heterocycles. The van der Waals surface area contributed by atoms with Gasteiger partial charge >= 0.3 is 0 Å². The van der Waals surface area contributed by atoms with Gasteiger partial charge in [0.25, 0.3) is 0 Å². The van der Waals surface area contributed by atoms with Crippen molar-refractivity contribution in [3.05, 3.63) is 29.6 Å². The summed E-state index contributed by atoms with van der Waals surface area (Å²) in [7, 11) is 0. The molecule has 0 saturated carbocycles. The van der Waals surface area contributed by atoms with Gasteiger partial charge in [-0.25, -0.2) is 4.98 Å². The van der Waals surface area contributed by atoms with Crippen LogP contribution in [0.1, 0.15) is 18.2 Å². The molecule has 0 aromatic carbocycles. The van der Waals surface area contributed by atoms with E-state index in [1.54, 1.807) is 12.3 Å². The van der Waals surface area contributed by atoms with Crippen LogP contribution >= 0.6 is 0 Å². The topological polar surface area (TPSA) is 45.9 Å². The Bertz CT molecular complexity index is 415. The normalized spacial score (nSPS) is 13.7. The standard InChI is InChI=1S/C10H8N2O/c1-7-3-5-13-9-2-4-12-8(6-11)10(7)9/h2-4H,5H2,1H3. The molecule has 1 aliphatic rings. The van der Waals surface area contributed by atoms with Crippen molar-refractivity contribution in [2.45, 2.75) is 6.92 Å². The van der Waals surface area contributed by atoms with Gasteiger partial charge in [0.05, 0.1) is 5.56 Å². The molecule has 64 valence electrons. The molecule has 0 fully saturated rings. The van der Waals surface area contributed by atoms with Crippen molar-refractivity contribution in [2.24, 2.45) is 0 Å². The van der Waals surface area contributed by atoms with Crippen molar-refractivity contribution in [1.82, 2.24) is 4.98 Å². The van der Waals surface area contributed by atoms with Crippen LogP contribution in [0.3, 0.4) is 0 Å². The highest BCUT2D eigenvalue weighted by molar-refractivity contribution is 5.73. The molecule has 0 unspecified atom stereocenters. The van der Waals surface area contributed by atoms with Gasteiger partial charge in [0.1, 0.15) is 18.4 Å². The van der Waals surface area contributed by atoms with Crippen LogP contribution in [0.4, 0.5) is 0 Å². The van der Waals surface area contributed by atoms with Crippen molar-refractivity contribution in [3.8, 4) is 11.8 Å². The maximum Gasteiger partial charge on any atom is 0.151 e. The molecule has 2 rings (SSSR count). The van der Waals surface area contributed by atoms with E-state index in [-0.39, 0.29) is 0 Å². The van der Waals surface area contributed by atoms with Gasteiger partial charge in [0.2, 0.25) is 0 Å². The van der Waals surface area contributed by atoms with E-state index >= 15 is 0 Å². The molecule has 1 aromatic rings. The predicted molar refractivity (Wildman–Crippen MR) is 48.1 cm³/mol. The van der Waals surface area contributed by atoms with Gasteiger partial charge in [0, 0.05) is 6.20 Å².